The summed E-state index contributed by atoms with van der Waals surface area (Å²) in [5, 5.41) is 0. The molecule has 0 fully saturated rings. The molecule has 1 aliphatic carbocycles. The Kier molecular flexibility index (Phi) is 2.62. The molecule has 3 heteroatoms. The van der Waals surface area contributed by atoms with Crippen LogP contribution >= 0.6 is 0 Å². The van der Waals surface area contributed by atoms with Gasteiger partial charge in [-0.05, 0) is 24.1 Å². The molecule has 15 heavy (non-hydrogen) atoms. The molecule has 1 aromatic rings. The van der Waals surface area contributed by atoms with Gasteiger partial charge in [0.2, 0.25) is 0 Å². The van der Waals surface area contributed by atoms with Crippen LogP contribution in [0.4, 0.5) is 13.2 Å². The van der Waals surface area contributed by atoms with Crippen LogP contribution in [0.5, 0.6) is 0 Å². The molecular formula is C12H9F3. The zero-order chi connectivity index (χ0) is 10.8. The lowest BCUT2D eigenvalue weighted by atomic mass is 9.92. The van der Waals surface area contributed by atoms with E-state index in [1.165, 1.54) is 0 Å². The van der Waals surface area contributed by atoms with E-state index >= 15 is 0 Å². The molecule has 0 saturated heterocycles. The predicted molar refractivity (Wildman–Crippen MR) is 52.0 cm³/mol. The van der Waals surface area contributed by atoms with Crippen LogP contribution in [0.15, 0.2) is 36.4 Å². The molecule has 1 aliphatic rings. The van der Waals surface area contributed by atoms with E-state index in [0.717, 1.165) is 12.1 Å². The van der Waals surface area contributed by atoms with Gasteiger partial charge < -0.3 is 0 Å². The van der Waals surface area contributed by atoms with Crippen molar-refractivity contribution >= 4 is 0 Å². The van der Waals surface area contributed by atoms with Crippen LogP contribution in [-0.4, -0.2) is 0 Å². The van der Waals surface area contributed by atoms with Crippen LogP contribution in [0.25, 0.3) is 0 Å². The molecule has 1 unspecified atom stereocenters. The molecule has 0 bridgehead atoms. The van der Waals surface area contributed by atoms with Crippen LogP contribution in [-0.2, 0) is 0 Å². The summed E-state index contributed by atoms with van der Waals surface area (Å²) in [4.78, 5) is 0. The van der Waals surface area contributed by atoms with Crippen molar-refractivity contribution in [2.24, 2.45) is 0 Å². The number of halogens is 3. The molecule has 0 saturated carbocycles. The molecule has 78 valence electrons. The maximum Gasteiger partial charge on any atom is 0.194 e. The minimum absolute atomic E-state index is 0.0698. The van der Waals surface area contributed by atoms with Gasteiger partial charge in [0.1, 0.15) is 0 Å². The van der Waals surface area contributed by atoms with Crippen molar-refractivity contribution in [1.82, 2.24) is 0 Å². The van der Waals surface area contributed by atoms with Gasteiger partial charge in [-0.25, -0.2) is 13.2 Å². The lowest BCUT2D eigenvalue weighted by Crippen LogP contribution is -2.00. The van der Waals surface area contributed by atoms with Crippen molar-refractivity contribution in [3.8, 4) is 0 Å². The number of hydrogen-bond acceptors (Lipinski definition) is 0. The van der Waals surface area contributed by atoms with E-state index in [1.807, 2.05) is 24.3 Å². The van der Waals surface area contributed by atoms with Gasteiger partial charge in [0.25, 0.3) is 0 Å². The lowest BCUT2D eigenvalue weighted by molar-refractivity contribution is 0.444. The molecule has 0 aromatic heterocycles. The second-order valence-corrected chi connectivity index (χ2v) is 3.45. The second kappa shape index (κ2) is 3.93. The smallest absolute Gasteiger partial charge is 0.194 e. The third-order valence-electron chi connectivity index (χ3n) is 2.41. The standard InChI is InChI=1S/C12H9F3/c13-10-6-9(7-11(14)12(10)15)8-4-2-1-3-5-8/h1-4,6-8H,5H2. The fourth-order valence-electron chi connectivity index (χ4n) is 1.62. The third-order valence-corrected chi connectivity index (χ3v) is 2.41. The molecular weight excluding hydrogens is 201 g/mol. The zero-order valence-electron chi connectivity index (χ0n) is 7.88. The predicted octanol–water partition coefficient (Wildman–Crippen LogP) is 3.70. The summed E-state index contributed by atoms with van der Waals surface area (Å²) in [6, 6.07) is 2.10. The fraction of sp³-hybridized carbons (Fsp3) is 0.167. The summed E-state index contributed by atoms with van der Waals surface area (Å²) >= 11 is 0. The number of allylic oxidation sites excluding steroid dienone is 4. The van der Waals surface area contributed by atoms with Crippen LogP contribution in [0.2, 0.25) is 0 Å². The largest absolute Gasteiger partial charge is 0.204 e. The van der Waals surface area contributed by atoms with Gasteiger partial charge in [0, 0.05) is 5.92 Å². The molecule has 0 nitrogen and oxygen atoms in total. The van der Waals surface area contributed by atoms with Crippen LogP contribution < -0.4 is 0 Å². The first-order valence-electron chi connectivity index (χ1n) is 4.66. The number of hydrogen-bond donors (Lipinski definition) is 0. The Morgan fingerprint density at radius 3 is 2.20 bits per heavy atom. The molecule has 0 heterocycles. The Bertz CT molecular complexity index is 409. The molecule has 0 radical (unpaired) electrons. The molecule has 0 amide bonds. The molecule has 2 rings (SSSR count). The Hall–Kier alpha value is -1.51. The Labute approximate surface area is 85.7 Å². The highest BCUT2D eigenvalue weighted by molar-refractivity contribution is 5.30. The van der Waals surface area contributed by atoms with Crippen molar-refractivity contribution in [2.45, 2.75) is 12.3 Å². The number of rotatable bonds is 1. The minimum Gasteiger partial charge on any atom is -0.204 e. The van der Waals surface area contributed by atoms with Gasteiger partial charge in [0.05, 0.1) is 0 Å². The average molecular weight is 210 g/mol. The van der Waals surface area contributed by atoms with E-state index in [-0.39, 0.29) is 5.92 Å². The summed E-state index contributed by atoms with van der Waals surface area (Å²) in [7, 11) is 0. The lowest BCUT2D eigenvalue weighted by Gasteiger charge is -2.13. The molecule has 1 atom stereocenters. The quantitative estimate of drug-likeness (QED) is 0.620. The topological polar surface area (TPSA) is 0 Å². The number of benzene rings is 1. The monoisotopic (exact) mass is 210 g/mol. The highest BCUT2D eigenvalue weighted by Crippen LogP contribution is 2.26. The molecule has 0 N–H and O–H groups in total. The third kappa shape index (κ3) is 1.96. The van der Waals surface area contributed by atoms with E-state index in [0.29, 0.717) is 12.0 Å². The normalized spacial score (nSPS) is 19.5. The van der Waals surface area contributed by atoms with E-state index in [9.17, 15) is 13.2 Å². The minimum atomic E-state index is -1.41. The van der Waals surface area contributed by atoms with Crippen molar-refractivity contribution in [2.75, 3.05) is 0 Å². The molecule has 1 aromatic carbocycles. The average Bonchev–Trinajstić information content (AvgIpc) is 2.26. The maximum atomic E-state index is 12.9. The van der Waals surface area contributed by atoms with E-state index < -0.39 is 17.5 Å². The van der Waals surface area contributed by atoms with Crippen LogP contribution in [0.3, 0.4) is 0 Å². The van der Waals surface area contributed by atoms with Gasteiger partial charge in [-0.1, -0.05) is 24.3 Å². The fourth-order valence-corrected chi connectivity index (χ4v) is 1.62. The molecule has 0 spiro atoms. The summed E-state index contributed by atoms with van der Waals surface area (Å²) in [6.07, 6.45) is 8.11. The van der Waals surface area contributed by atoms with Crippen molar-refractivity contribution in [1.29, 1.82) is 0 Å². The van der Waals surface area contributed by atoms with Gasteiger partial charge in [0.15, 0.2) is 17.5 Å². The van der Waals surface area contributed by atoms with Gasteiger partial charge in [-0.3, -0.25) is 0 Å². The first-order chi connectivity index (χ1) is 7.18. The SMILES string of the molecule is Fc1cc(C2C=CC=CC2)cc(F)c1F. The van der Waals surface area contributed by atoms with Gasteiger partial charge in [-0.15, -0.1) is 0 Å². The Morgan fingerprint density at radius 2 is 1.67 bits per heavy atom. The van der Waals surface area contributed by atoms with Gasteiger partial charge >= 0.3 is 0 Å². The van der Waals surface area contributed by atoms with Gasteiger partial charge in [-0.2, -0.15) is 0 Å². The van der Waals surface area contributed by atoms with E-state index in [1.54, 1.807) is 0 Å². The Balaban J connectivity index is 2.37. The summed E-state index contributed by atoms with van der Waals surface area (Å²) in [5.74, 6) is -3.74. The van der Waals surface area contributed by atoms with Crippen molar-refractivity contribution in [3.63, 3.8) is 0 Å². The first kappa shape index (κ1) is 10.0. The Morgan fingerprint density at radius 1 is 1.00 bits per heavy atom. The maximum absolute atomic E-state index is 12.9. The summed E-state index contributed by atoms with van der Waals surface area (Å²) in [6.45, 7) is 0. The van der Waals surface area contributed by atoms with Crippen molar-refractivity contribution < 1.29 is 13.2 Å². The van der Waals surface area contributed by atoms with E-state index in [2.05, 4.69) is 0 Å². The second-order valence-electron chi connectivity index (χ2n) is 3.45. The van der Waals surface area contributed by atoms with E-state index in [4.69, 9.17) is 0 Å². The summed E-state index contributed by atoms with van der Waals surface area (Å²) < 4.78 is 38.6. The van der Waals surface area contributed by atoms with Crippen molar-refractivity contribution in [3.05, 3.63) is 59.5 Å². The zero-order valence-corrected chi connectivity index (χ0v) is 7.88. The highest BCUT2D eigenvalue weighted by Gasteiger charge is 2.15. The summed E-state index contributed by atoms with van der Waals surface area (Å²) in [5.41, 5.74) is 0.465. The first-order valence-corrected chi connectivity index (χ1v) is 4.66. The van der Waals surface area contributed by atoms with Crippen LogP contribution in [0, 0.1) is 17.5 Å². The highest BCUT2D eigenvalue weighted by atomic mass is 19.2. The van der Waals surface area contributed by atoms with Crippen LogP contribution in [0.1, 0.15) is 17.9 Å². The molecule has 0 aliphatic heterocycles.